The summed E-state index contributed by atoms with van der Waals surface area (Å²) in [5.74, 6) is 1.28. The number of aromatic nitrogens is 2. The Morgan fingerprint density at radius 2 is 1.96 bits per heavy atom. The molecule has 0 aliphatic carbocycles. The normalized spacial score (nSPS) is 10.6. The minimum atomic E-state index is 0.532. The SMILES string of the molecule is Cc1ccc(C)c(Nc2ncnc(NCCc3cccs3)c2N)c1. The Hall–Kier alpha value is -2.60. The molecule has 2 heterocycles. The lowest BCUT2D eigenvalue weighted by Gasteiger charge is -2.14. The summed E-state index contributed by atoms with van der Waals surface area (Å²) in [5, 5.41) is 8.69. The second kappa shape index (κ2) is 7.31. The highest BCUT2D eigenvalue weighted by molar-refractivity contribution is 7.09. The first-order chi connectivity index (χ1) is 11.6. The van der Waals surface area contributed by atoms with Crippen molar-refractivity contribution >= 4 is 34.3 Å². The van der Waals surface area contributed by atoms with Crippen LogP contribution in [0.5, 0.6) is 0 Å². The molecule has 0 atom stereocenters. The summed E-state index contributed by atoms with van der Waals surface area (Å²) in [6, 6.07) is 10.4. The number of nitrogens with one attached hydrogen (secondary N) is 2. The zero-order valence-electron chi connectivity index (χ0n) is 13.8. The molecule has 0 fully saturated rings. The van der Waals surface area contributed by atoms with E-state index in [1.54, 1.807) is 11.3 Å². The number of anilines is 4. The van der Waals surface area contributed by atoms with E-state index in [2.05, 4.69) is 70.2 Å². The molecule has 1 aromatic carbocycles. The highest BCUT2D eigenvalue weighted by Crippen LogP contribution is 2.27. The van der Waals surface area contributed by atoms with Gasteiger partial charge in [0.25, 0.3) is 0 Å². The number of nitrogens with two attached hydrogens (primary N) is 1. The minimum absolute atomic E-state index is 0.532. The molecular formula is C18H21N5S. The maximum Gasteiger partial charge on any atom is 0.159 e. The number of hydrogen-bond acceptors (Lipinski definition) is 6. The Morgan fingerprint density at radius 3 is 2.75 bits per heavy atom. The first-order valence-electron chi connectivity index (χ1n) is 7.84. The van der Waals surface area contributed by atoms with Crippen LogP contribution in [0.3, 0.4) is 0 Å². The molecule has 3 rings (SSSR count). The lowest BCUT2D eigenvalue weighted by Crippen LogP contribution is -2.10. The van der Waals surface area contributed by atoms with E-state index in [-0.39, 0.29) is 0 Å². The number of rotatable bonds is 6. The number of aryl methyl sites for hydroxylation is 2. The molecule has 0 radical (unpaired) electrons. The predicted molar refractivity (Wildman–Crippen MR) is 102 cm³/mol. The molecule has 6 heteroatoms. The smallest absolute Gasteiger partial charge is 0.159 e. The fraction of sp³-hybridized carbons (Fsp3) is 0.222. The van der Waals surface area contributed by atoms with Crippen LogP contribution in [0.4, 0.5) is 23.0 Å². The monoisotopic (exact) mass is 339 g/mol. The summed E-state index contributed by atoms with van der Waals surface area (Å²) in [4.78, 5) is 9.87. The molecule has 4 N–H and O–H groups in total. The molecule has 3 aromatic rings. The first kappa shape index (κ1) is 16.3. The van der Waals surface area contributed by atoms with Crippen molar-refractivity contribution in [1.82, 2.24) is 9.97 Å². The maximum absolute atomic E-state index is 6.23. The molecule has 0 spiro atoms. The summed E-state index contributed by atoms with van der Waals surface area (Å²) in [5.41, 5.74) is 10.1. The molecule has 0 saturated heterocycles. The fourth-order valence-corrected chi connectivity index (χ4v) is 3.10. The van der Waals surface area contributed by atoms with Crippen LogP contribution in [0.2, 0.25) is 0 Å². The van der Waals surface area contributed by atoms with Crippen molar-refractivity contribution in [2.75, 3.05) is 22.9 Å². The van der Waals surface area contributed by atoms with E-state index in [1.807, 2.05) is 0 Å². The van der Waals surface area contributed by atoms with E-state index >= 15 is 0 Å². The molecule has 0 aliphatic heterocycles. The molecule has 5 nitrogen and oxygen atoms in total. The zero-order chi connectivity index (χ0) is 16.9. The van der Waals surface area contributed by atoms with Crippen molar-refractivity contribution in [3.8, 4) is 0 Å². The van der Waals surface area contributed by atoms with Gasteiger partial charge in [0.2, 0.25) is 0 Å². The number of thiophene rings is 1. The van der Waals surface area contributed by atoms with Crippen LogP contribution in [0.15, 0.2) is 42.0 Å². The van der Waals surface area contributed by atoms with E-state index in [0.29, 0.717) is 17.3 Å². The van der Waals surface area contributed by atoms with Crippen LogP contribution >= 0.6 is 11.3 Å². The van der Waals surface area contributed by atoms with Gasteiger partial charge < -0.3 is 16.4 Å². The van der Waals surface area contributed by atoms with E-state index in [1.165, 1.54) is 16.8 Å². The summed E-state index contributed by atoms with van der Waals surface area (Å²) >= 11 is 1.75. The maximum atomic E-state index is 6.23. The Labute approximate surface area is 146 Å². The van der Waals surface area contributed by atoms with Crippen LogP contribution in [0, 0.1) is 13.8 Å². The Balaban J connectivity index is 1.71. The Morgan fingerprint density at radius 1 is 1.12 bits per heavy atom. The standard InChI is InChI=1S/C18H21N5S/c1-12-5-6-13(2)15(10-12)23-18-16(19)17(21-11-22-18)20-8-7-14-4-3-9-24-14/h3-6,9-11H,7-8,19H2,1-2H3,(H2,20,21,22,23). The lowest BCUT2D eigenvalue weighted by atomic mass is 10.1. The lowest BCUT2D eigenvalue weighted by molar-refractivity contribution is 1.02. The topological polar surface area (TPSA) is 75.9 Å². The van der Waals surface area contributed by atoms with Crippen molar-refractivity contribution in [1.29, 1.82) is 0 Å². The van der Waals surface area contributed by atoms with Gasteiger partial charge in [-0.2, -0.15) is 0 Å². The summed E-state index contributed by atoms with van der Waals surface area (Å²) in [6.45, 7) is 4.90. The molecule has 0 amide bonds. The van der Waals surface area contributed by atoms with Gasteiger partial charge in [-0.15, -0.1) is 11.3 Å². The predicted octanol–water partition coefficient (Wildman–Crippen LogP) is 4.14. The summed E-state index contributed by atoms with van der Waals surface area (Å²) in [6.07, 6.45) is 2.47. The number of nitrogens with zero attached hydrogens (tertiary/aromatic N) is 2. The van der Waals surface area contributed by atoms with Gasteiger partial charge in [-0.3, -0.25) is 0 Å². The van der Waals surface area contributed by atoms with Gasteiger partial charge in [0.15, 0.2) is 11.6 Å². The van der Waals surface area contributed by atoms with Crippen molar-refractivity contribution in [2.45, 2.75) is 20.3 Å². The third-order valence-electron chi connectivity index (χ3n) is 3.77. The van der Waals surface area contributed by atoms with E-state index in [0.717, 1.165) is 24.2 Å². The second-order valence-electron chi connectivity index (χ2n) is 5.68. The van der Waals surface area contributed by atoms with Gasteiger partial charge in [-0.25, -0.2) is 9.97 Å². The first-order valence-corrected chi connectivity index (χ1v) is 8.72. The zero-order valence-corrected chi connectivity index (χ0v) is 14.7. The third-order valence-corrected chi connectivity index (χ3v) is 4.71. The van der Waals surface area contributed by atoms with Gasteiger partial charge in [0.05, 0.1) is 0 Å². The minimum Gasteiger partial charge on any atom is -0.393 e. The van der Waals surface area contributed by atoms with Crippen LogP contribution < -0.4 is 16.4 Å². The molecule has 24 heavy (non-hydrogen) atoms. The second-order valence-corrected chi connectivity index (χ2v) is 6.72. The number of benzene rings is 1. The highest BCUT2D eigenvalue weighted by Gasteiger charge is 2.09. The molecule has 2 aromatic heterocycles. The van der Waals surface area contributed by atoms with Crippen LogP contribution in [0.1, 0.15) is 16.0 Å². The summed E-state index contributed by atoms with van der Waals surface area (Å²) in [7, 11) is 0. The van der Waals surface area contributed by atoms with Crippen molar-refractivity contribution in [2.24, 2.45) is 0 Å². The Kier molecular flexibility index (Phi) is 4.96. The van der Waals surface area contributed by atoms with Gasteiger partial charge in [-0.1, -0.05) is 18.2 Å². The van der Waals surface area contributed by atoms with Crippen LogP contribution in [-0.4, -0.2) is 16.5 Å². The molecule has 0 bridgehead atoms. The van der Waals surface area contributed by atoms with E-state index < -0.39 is 0 Å². The van der Waals surface area contributed by atoms with Gasteiger partial charge >= 0.3 is 0 Å². The van der Waals surface area contributed by atoms with Crippen LogP contribution in [0.25, 0.3) is 0 Å². The van der Waals surface area contributed by atoms with Gasteiger partial charge in [0, 0.05) is 17.1 Å². The van der Waals surface area contributed by atoms with E-state index in [4.69, 9.17) is 5.73 Å². The average Bonchev–Trinajstić information content (AvgIpc) is 3.08. The summed E-state index contributed by atoms with van der Waals surface area (Å²) < 4.78 is 0. The fourth-order valence-electron chi connectivity index (χ4n) is 2.39. The van der Waals surface area contributed by atoms with Crippen molar-refractivity contribution in [3.05, 3.63) is 58.0 Å². The Bertz CT molecular complexity index is 814. The molecule has 0 aliphatic rings. The average molecular weight is 339 g/mol. The van der Waals surface area contributed by atoms with E-state index in [9.17, 15) is 0 Å². The highest BCUT2D eigenvalue weighted by atomic mass is 32.1. The van der Waals surface area contributed by atoms with Gasteiger partial charge in [-0.05, 0) is 48.9 Å². The van der Waals surface area contributed by atoms with Crippen molar-refractivity contribution < 1.29 is 0 Å². The number of hydrogen-bond donors (Lipinski definition) is 3. The van der Waals surface area contributed by atoms with Crippen LogP contribution in [-0.2, 0) is 6.42 Å². The van der Waals surface area contributed by atoms with Crippen molar-refractivity contribution in [3.63, 3.8) is 0 Å². The third kappa shape index (κ3) is 3.83. The van der Waals surface area contributed by atoms with Gasteiger partial charge in [0.1, 0.15) is 12.0 Å². The molecular weight excluding hydrogens is 318 g/mol. The number of nitrogen functional groups attached to an aromatic ring is 1. The molecule has 0 saturated carbocycles. The quantitative estimate of drug-likeness (QED) is 0.629. The molecule has 124 valence electrons. The largest absolute Gasteiger partial charge is 0.393 e. The molecule has 0 unspecified atom stereocenters.